The number of hydrogen-bond acceptors (Lipinski definition) is 3. The van der Waals surface area contributed by atoms with Crippen LogP contribution in [-0.2, 0) is 9.53 Å². The molecule has 120 valence electrons. The number of rotatable bonds is 5. The SMILES string of the molecule is CCC[C@@H]1C[C@@H](C(=O)Nc2ccc(C(N)=O)cc2F)CCO1. The fourth-order valence-corrected chi connectivity index (χ4v) is 2.65. The standard InChI is InChI=1S/C16H21FN2O3/c1-2-3-12-8-11(6-7-22-12)16(21)19-14-5-4-10(15(18)20)9-13(14)17/h4-5,9,11-12H,2-3,6-8H2,1H3,(H2,18,20)(H,19,21)/t11-,12+/m0/s1. The van der Waals surface area contributed by atoms with Crippen LogP contribution < -0.4 is 11.1 Å². The second kappa shape index (κ2) is 7.35. The van der Waals surface area contributed by atoms with Gasteiger partial charge in [-0.25, -0.2) is 4.39 Å². The van der Waals surface area contributed by atoms with Gasteiger partial charge in [0.2, 0.25) is 11.8 Å². The number of ether oxygens (including phenoxy) is 1. The molecule has 0 bridgehead atoms. The van der Waals surface area contributed by atoms with Gasteiger partial charge in [0.05, 0.1) is 11.8 Å². The smallest absolute Gasteiger partial charge is 0.248 e. The maximum Gasteiger partial charge on any atom is 0.248 e. The van der Waals surface area contributed by atoms with E-state index in [1.54, 1.807) is 0 Å². The highest BCUT2D eigenvalue weighted by Crippen LogP contribution is 2.25. The molecule has 1 aliphatic rings. The highest BCUT2D eigenvalue weighted by molar-refractivity contribution is 5.95. The van der Waals surface area contributed by atoms with Crippen molar-refractivity contribution in [2.45, 2.75) is 38.7 Å². The topological polar surface area (TPSA) is 81.4 Å². The quantitative estimate of drug-likeness (QED) is 0.876. The second-order valence-electron chi connectivity index (χ2n) is 5.55. The molecule has 0 aromatic heterocycles. The Kier molecular flexibility index (Phi) is 5.49. The van der Waals surface area contributed by atoms with Gasteiger partial charge in [0.15, 0.2) is 0 Å². The molecular weight excluding hydrogens is 287 g/mol. The van der Waals surface area contributed by atoms with E-state index >= 15 is 0 Å². The number of anilines is 1. The lowest BCUT2D eigenvalue weighted by Gasteiger charge is -2.28. The van der Waals surface area contributed by atoms with E-state index in [0.29, 0.717) is 19.4 Å². The van der Waals surface area contributed by atoms with Crippen LogP contribution in [0, 0.1) is 11.7 Å². The zero-order valence-corrected chi connectivity index (χ0v) is 12.6. The van der Waals surface area contributed by atoms with Crippen molar-refractivity contribution in [3.63, 3.8) is 0 Å². The summed E-state index contributed by atoms with van der Waals surface area (Å²) in [4.78, 5) is 23.2. The lowest BCUT2D eigenvalue weighted by atomic mass is 9.92. The largest absolute Gasteiger partial charge is 0.378 e. The van der Waals surface area contributed by atoms with Crippen molar-refractivity contribution in [1.82, 2.24) is 0 Å². The van der Waals surface area contributed by atoms with Crippen molar-refractivity contribution in [1.29, 1.82) is 0 Å². The number of halogens is 1. The monoisotopic (exact) mass is 308 g/mol. The van der Waals surface area contributed by atoms with E-state index in [1.165, 1.54) is 12.1 Å². The van der Waals surface area contributed by atoms with E-state index in [-0.39, 0.29) is 29.2 Å². The number of primary amides is 1. The molecule has 1 aromatic rings. The number of hydrogen-bond donors (Lipinski definition) is 2. The maximum absolute atomic E-state index is 13.9. The first-order chi connectivity index (χ1) is 10.5. The van der Waals surface area contributed by atoms with Gasteiger partial charge in [-0.2, -0.15) is 0 Å². The third-order valence-electron chi connectivity index (χ3n) is 3.86. The molecule has 1 aromatic carbocycles. The zero-order chi connectivity index (χ0) is 16.1. The molecule has 1 aliphatic heterocycles. The van der Waals surface area contributed by atoms with Crippen LogP contribution in [0.1, 0.15) is 43.0 Å². The summed E-state index contributed by atoms with van der Waals surface area (Å²) in [6.07, 6.45) is 3.30. The molecule has 22 heavy (non-hydrogen) atoms. The van der Waals surface area contributed by atoms with Gasteiger partial charge in [-0.1, -0.05) is 13.3 Å². The first-order valence-electron chi connectivity index (χ1n) is 7.53. The van der Waals surface area contributed by atoms with Gasteiger partial charge in [-0.3, -0.25) is 9.59 Å². The van der Waals surface area contributed by atoms with Gasteiger partial charge in [-0.15, -0.1) is 0 Å². The van der Waals surface area contributed by atoms with Crippen molar-refractivity contribution in [3.8, 4) is 0 Å². The van der Waals surface area contributed by atoms with E-state index in [4.69, 9.17) is 10.5 Å². The minimum Gasteiger partial charge on any atom is -0.378 e. The number of carbonyl (C=O) groups excluding carboxylic acids is 2. The summed E-state index contributed by atoms with van der Waals surface area (Å²) in [7, 11) is 0. The third kappa shape index (κ3) is 4.04. The van der Waals surface area contributed by atoms with Gasteiger partial charge in [-0.05, 0) is 37.5 Å². The van der Waals surface area contributed by atoms with Gasteiger partial charge < -0.3 is 15.8 Å². The zero-order valence-electron chi connectivity index (χ0n) is 12.6. The van der Waals surface area contributed by atoms with Gasteiger partial charge in [0.1, 0.15) is 5.82 Å². The van der Waals surface area contributed by atoms with E-state index < -0.39 is 11.7 Å². The predicted molar refractivity (Wildman–Crippen MR) is 80.9 cm³/mol. The fourth-order valence-electron chi connectivity index (χ4n) is 2.65. The molecule has 0 radical (unpaired) electrons. The number of amides is 2. The van der Waals surface area contributed by atoms with Crippen LogP contribution in [-0.4, -0.2) is 24.5 Å². The molecule has 1 fully saturated rings. The highest BCUT2D eigenvalue weighted by atomic mass is 19.1. The Balaban J connectivity index is 2.01. The van der Waals surface area contributed by atoms with Crippen LogP contribution in [0.5, 0.6) is 0 Å². The van der Waals surface area contributed by atoms with E-state index in [2.05, 4.69) is 12.2 Å². The summed E-state index contributed by atoms with van der Waals surface area (Å²) in [5.74, 6) is -1.76. The van der Waals surface area contributed by atoms with Crippen LogP contribution in [0.2, 0.25) is 0 Å². The van der Waals surface area contributed by atoms with Crippen LogP contribution in [0.15, 0.2) is 18.2 Å². The molecule has 2 rings (SSSR count). The van der Waals surface area contributed by atoms with Crippen LogP contribution in [0.25, 0.3) is 0 Å². The molecule has 0 saturated carbocycles. The summed E-state index contributed by atoms with van der Waals surface area (Å²) >= 11 is 0. The number of nitrogens with one attached hydrogen (secondary N) is 1. The maximum atomic E-state index is 13.9. The number of benzene rings is 1. The molecule has 1 saturated heterocycles. The van der Waals surface area contributed by atoms with Crippen molar-refractivity contribution in [2.24, 2.45) is 11.7 Å². The van der Waals surface area contributed by atoms with Crippen LogP contribution in [0.4, 0.5) is 10.1 Å². The summed E-state index contributed by atoms with van der Waals surface area (Å²) in [6.45, 7) is 2.62. The molecule has 1 heterocycles. The molecule has 0 spiro atoms. The molecule has 0 aliphatic carbocycles. The fraction of sp³-hybridized carbons (Fsp3) is 0.500. The lowest BCUT2D eigenvalue weighted by Crippen LogP contribution is -2.33. The summed E-state index contributed by atoms with van der Waals surface area (Å²) < 4.78 is 19.5. The third-order valence-corrected chi connectivity index (χ3v) is 3.86. The first-order valence-corrected chi connectivity index (χ1v) is 7.53. The molecule has 2 atom stereocenters. The average molecular weight is 308 g/mol. The van der Waals surface area contributed by atoms with Gasteiger partial charge >= 0.3 is 0 Å². The van der Waals surface area contributed by atoms with Crippen LogP contribution >= 0.6 is 0 Å². The molecular formula is C16H21FN2O3. The Labute approximate surface area is 129 Å². The van der Waals surface area contributed by atoms with Crippen molar-refractivity contribution < 1.29 is 18.7 Å². The Bertz CT molecular complexity index is 560. The van der Waals surface area contributed by atoms with Gasteiger partial charge in [0.25, 0.3) is 0 Å². The van der Waals surface area contributed by atoms with E-state index in [9.17, 15) is 14.0 Å². The second-order valence-corrected chi connectivity index (χ2v) is 5.55. The van der Waals surface area contributed by atoms with Crippen molar-refractivity contribution >= 4 is 17.5 Å². The van der Waals surface area contributed by atoms with E-state index in [0.717, 1.165) is 18.9 Å². The number of nitrogens with two attached hydrogens (primary N) is 1. The Morgan fingerprint density at radius 2 is 2.23 bits per heavy atom. The minimum absolute atomic E-state index is 0.0635. The average Bonchev–Trinajstić information content (AvgIpc) is 2.49. The molecule has 6 heteroatoms. The molecule has 5 nitrogen and oxygen atoms in total. The molecule has 0 unspecified atom stereocenters. The Morgan fingerprint density at radius 3 is 2.86 bits per heavy atom. The van der Waals surface area contributed by atoms with Gasteiger partial charge in [0, 0.05) is 18.1 Å². The normalized spacial score (nSPS) is 21.4. The van der Waals surface area contributed by atoms with Crippen molar-refractivity contribution in [2.75, 3.05) is 11.9 Å². The Hall–Kier alpha value is -1.95. The molecule has 2 amide bonds. The Morgan fingerprint density at radius 1 is 1.45 bits per heavy atom. The highest BCUT2D eigenvalue weighted by Gasteiger charge is 2.27. The lowest BCUT2D eigenvalue weighted by molar-refractivity contribution is -0.125. The minimum atomic E-state index is -0.705. The predicted octanol–water partition coefficient (Wildman–Crippen LogP) is 2.46. The summed E-state index contributed by atoms with van der Waals surface area (Å²) in [6, 6.07) is 3.78. The summed E-state index contributed by atoms with van der Waals surface area (Å²) in [5, 5.41) is 2.59. The van der Waals surface area contributed by atoms with Crippen LogP contribution in [0.3, 0.4) is 0 Å². The molecule has 3 N–H and O–H groups in total. The summed E-state index contributed by atoms with van der Waals surface area (Å²) in [5.41, 5.74) is 5.22. The first kappa shape index (κ1) is 16.4. The van der Waals surface area contributed by atoms with Crippen molar-refractivity contribution in [3.05, 3.63) is 29.6 Å². The number of carbonyl (C=O) groups is 2. The van der Waals surface area contributed by atoms with E-state index in [1.807, 2.05) is 0 Å².